The van der Waals surface area contributed by atoms with Crippen molar-refractivity contribution in [3.05, 3.63) is 28.7 Å². The van der Waals surface area contributed by atoms with E-state index in [0.717, 1.165) is 17.6 Å². The van der Waals surface area contributed by atoms with Gasteiger partial charge in [0.25, 0.3) is 0 Å². The average molecular weight is 272 g/mol. The smallest absolute Gasteiger partial charge is 0.172 e. The van der Waals surface area contributed by atoms with Crippen LogP contribution in [0.2, 0.25) is 0 Å². The van der Waals surface area contributed by atoms with Crippen molar-refractivity contribution in [1.29, 1.82) is 0 Å². The third-order valence-electron chi connectivity index (χ3n) is 2.10. The van der Waals surface area contributed by atoms with Crippen molar-refractivity contribution < 1.29 is 9.84 Å². The number of nitrogens with two attached hydrogens (primary N) is 1. The van der Waals surface area contributed by atoms with E-state index in [2.05, 4.69) is 22.5 Å². The van der Waals surface area contributed by atoms with Gasteiger partial charge in [-0.1, -0.05) is 6.58 Å². The zero-order valence-electron chi connectivity index (χ0n) is 8.59. The summed E-state index contributed by atoms with van der Waals surface area (Å²) in [5.41, 5.74) is 7.30. The first-order valence-corrected chi connectivity index (χ1v) is 5.34. The second-order valence-corrected chi connectivity index (χ2v) is 4.01. The van der Waals surface area contributed by atoms with E-state index >= 15 is 0 Å². The van der Waals surface area contributed by atoms with E-state index in [0.29, 0.717) is 16.8 Å². The first-order chi connectivity index (χ1) is 7.10. The molecule has 15 heavy (non-hydrogen) atoms. The van der Waals surface area contributed by atoms with Crippen LogP contribution in [0.25, 0.3) is 5.57 Å². The molecule has 82 valence electrons. The lowest BCUT2D eigenvalue weighted by molar-refractivity contribution is 0.372. The summed E-state index contributed by atoms with van der Waals surface area (Å²) in [5, 5.41) is 9.61. The number of phenolic OH excluding ortho intramolecular Hbond substituents is 1. The van der Waals surface area contributed by atoms with E-state index in [1.165, 1.54) is 7.11 Å². The number of hydrogen-bond acceptors (Lipinski definition) is 3. The lowest BCUT2D eigenvalue weighted by Gasteiger charge is -2.10. The number of rotatable bonds is 4. The maximum atomic E-state index is 9.61. The molecule has 1 aromatic carbocycles. The van der Waals surface area contributed by atoms with Crippen LogP contribution in [0.1, 0.15) is 12.0 Å². The molecule has 0 saturated carbocycles. The van der Waals surface area contributed by atoms with E-state index in [1.54, 1.807) is 12.1 Å². The second-order valence-electron chi connectivity index (χ2n) is 3.15. The Bertz CT molecular complexity index is 377. The van der Waals surface area contributed by atoms with Crippen molar-refractivity contribution in [2.24, 2.45) is 5.73 Å². The Kier molecular flexibility index (Phi) is 4.17. The Morgan fingerprint density at radius 3 is 2.80 bits per heavy atom. The third kappa shape index (κ3) is 2.73. The van der Waals surface area contributed by atoms with Gasteiger partial charge in [0, 0.05) is 0 Å². The summed E-state index contributed by atoms with van der Waals surface area (Å²) >= 11 is 3.25. The molecule has 4 heteroatoms. The topological polar surface area (TPSA) is 55.5 Å². The second kappa shape index (κ2) is 5.19. The summed E-state index contributed by atoms with van der Waals surface area (Å²) in [7, 11) is 1.51. The summed E-state index contributed by atoms with van der Waals surface area (Å²) in [6, 6.07) is 3.55. The van der Waals surface area contributed by atoms with Gasteiger partial charge < -0.3 is 15.6 Å². The summed E-state index contributed by atoms with van der Waals surface area (Å²) in [6.07, 6.45) is 0.723. The fraction of sp³-hybridized carbons (Fsp3) is 0.273. The summed E-state index contributed by atoms with van der Waals surface area (Å²) < 4.78 is 5.64. The van der Waals surface area contributed by atoms with Crippen LogP contribution >= 0.6 is 15.9 Å². The van der Waals surface area contributed by atoms with Crippen molar-refractivity contribution in [2.75, 3.05) is 13.7 Å². The monoisotopic (exact) mass is 271 g/mol. The first-order valence-electron chi connectivity index (χ1n) is 4.55. The Labute approximate surface area is 97.7 Å². The Hall–Kier alpha value is -1.00. The number of ether oxygens (including phenoxy) is 1. The Balaban J connectivity index is 3.10. The molecule has 1 rings (SSSR count). The quantitative estimate of drug-likeness (QED) is 0.885. The molecule has 0 fully saturated rings. The van der Waals surface area contributed by atoms with Gasteiger partial charge >= 0.3 is 0 Å². The number of halogens is 1. The van der Waals surface area contributed by atoms with Crippen LogP contribution in [0.3, 0.4) is 0 Å². The van der Waals surface area contributed by atoms with Gasteiger partial charge in [0.05, 0.1) is 11.6 Å². The summed E-state index contributed by atoms with van der Waals surface area (Å²) in [4.78, 5) is 0. The molecule has 0 amide bonds. The zero-order valence-corrected chi connectivity index (χ0v) is 10.2. The number of hydrogen-bond donors (Lipinski definition) is 2. The highest BCUT2D eigenvalue weighted by Gasteiger charge is 2.09. The molecule has 0 heterocycles. The molecule has 0 aliphatic heterocycles. The van der Waals surface area contributed by atoms with Crippen LogP contribution in [-0.4, -0.2) is 18.8 Å². The standard InChI is InChI=1S/C11H14BrNO2/c1-7(3-4-13)8-5-9(12)11(14)10(6-8)15-2/h5-6,14H,1,3-4,13H2,2H3. The molecule has 3 N–H and O–H groups in total. The Morgan fingerprint density at radius 1 is 1.60 bits per heavy atom. The molecular weight excluding hydrogens is 258 g/mol. The van der Waals surface area contributed by atoms with Gasteiger partial charge in [0.15, 0.2) is 11.5 Å². The third-order valence-corrected chi connectivity index (χ3v) is 2.71. The number of aromatic hydroxyl groups is 1. The minimum Gasteiger partial charge on any atom is -0.503 e. The van der Waals surface area contributed by atoms with Gasteiger partial charge in [-0.05, 0) is 52.2 Å². The number of phenols is 1. The van der Waals surface area contributed by atoms with Crippen molar-refractivity contribution in [3.8, 4) is 11.5 Å². The van der Waals surface area contributed by atoms with Crippen LogP contribution < -0.4 is 10.5 Å². The maximum absolute atomic E-state index is 9.61. The molecule has 0 radical (unpaired) electrons. The zero-order chi connectivity index (χ0) is 11.4. The van der Waals surface area contributed by atoms with Gasteiger partial charge in [0.1, 0.15) is 0 Å². The molecular formula is C11H14BrNO2. The molecule has 0 saturated heterocycles. The molecule has 0 unspecified atom stereocenters. The van der Waals surface area contributed by atoms with Gasteiger partial charge in [-0.2, -0.15) is 0 Å². The SMILES string of the molecule is C=C(CCN)c1cc(Br)c(O)c(OC)c1. The van der Waals surface area contributed by atoms with Crippen LogP contribution in [0, 0.1) is 0 Å². The van der Waals surface area contributed by atoms with Crippen LogP contribution in [0.4, 0.5) is 0 Å². The highest BCUT2D eigenvalue weighted by molar-refractivity contribution is 9.10. The maximum Gasteiger partial charge on any atom is 0.172 e. The molecule has 0 bridgehead atoms. The van der Waals surface area contributed by atoms with E-state index in [4.69, 9.17) is 10.5 Å². The van der Waals surface area contributed by atoms with Crippen molar-refractivity contribution in [1.82, 2.24) is 0 Å². The van der Waals surface area contributed by atoms with Gasteiger partial charge in [-0.3, -0.25) is 0 Å². The van der Waals surface area contributed by atoms with E-state index in [9.17, 15) is 5.11 Å². The van der Waals surface area contributed by atoms with Gasteiger partial charge in [-0.15, -0.1) is 0 Å². The first kappa shape index (κ1) is 12.1. The van der Waals surface area contributed by atoms with Gasteiger partial charge in [0.2, 0.25) is 0 Å². The van der Waals surface area contributed by atoms with Crippen LogP contribution in [-0.2, 0) is 0 Å². The van der Waals surface area contributed by atoms with E-state index in [-0.39, 0.29) is 5.75 Å². The highest BCUT2D eigenvalue weighted by atomic mass is 79.9. The molecule has 0 aliphatic carbocycles. The molecule has 0 aliphatic rings. The average Bonchev–Trinajstić information content (AvgIpc) is 2.22. The summed E-state index contributed by atoms with van der Waals surface area (Å²) in [6.45, 7) is 4.48. The minimum absolute atomic E-state index is 0.0989. The lowest BCUT2D eigenvalue weighted by atomic mass is 10.0. The van der Waals surface area contributed by atoms with Gasteiger partial charge in [-0.25, -0.2) is 0 Å². The Morgan fingerprint density at radius 2 is 2.27 bits per heavy atom. The van der Waals surface area contributed by atoms with E-state index in [1.807, 2.05) is 0 Å². The van der Waals surface area contributed by atoms with E-state index < -0.39 is 0 Å². The number of benzene rings is 1. The molecule has 3 nitrogen and oxygen atoms in total. The van der Waals surface area contributed by atoms with Crippen LogP contribution in [0.5, 0.6) is 11.5 Å². The molecule has 0 atom stereocenters. The van der Waals surface area contributed by atoms with Crippen molar-refractivity contribution in [3.63, 3.8) is 0 Å². The largest absolute Gasteiger partial charge is 0.503 e. The fourth-order valence-corrected chi connectivity index (χ4v) is 1.69. The van der Waals surface area contributed by atoms with Crippen molar-refractivity contribution >= 4 is 21.5 Å². The van der Waals surface area contributed by atoms with Crippen molar-refractivity contribution in [2.45, 2.75) is 6.42 Å². The predicted molar refractivity (Wildman–Crippen MR) is 65.1 cm³/mol. The minimum atomic E-state index is 0.0989. The molecule has 0 spiro atoms. The predicted octanol–water partition coefficient (Wildman–Crippen LogP) is 2.53. The molecule has 0 aromatic heterocycles. The lowest BCUT2D eigenvalue weighted by Crippen LogP contribution is -1.99. The molecule has 1 aromatic rings. The van der Waals surface area contributed by atoms with Crippen LogP contribution in [0.15, 0.2) is 23.2 Å². The normalized spacial score (nSPS) is 10.1. The highest BCUT2D eigenvalue weighted by Crippen LogP contribution is 2.37. The summed E-state index contributed by atoms with van der Waals surface area (Å²) in [5.74, 6) is 0.527. The number of methoxy groups -OCH3 is 1. The fourth-order valence-electron chi connectivity index (χ4n) is 1.25.